The van der Waals surface area contributed by atoms with Gasteiger partial charge in [-0.2, -0.15) is 0 Å². The number of hydrogen-bond donors (Lipinski definition) is 2. The van der Waals surface area contributed by atoms with Crippen LogP contribution in [-0.4, -0.2) is 24.9 Å². The minimum atomic E-state index is -0.289. The quantitative estimate of drug-likeness (QED) is 0.650. The van der Waals surface area contributed by atoms with Crippen molar-refractivity contribution >= 4 is 23.2 Å². The third kappa shape index (κ3) is 4.36. The Bertz CT molecular complexity index is 744. The second-order valence-corrected chi connectivity index (χ2v) is 4.81. The third-order valence-corrected chi connectivity index (χ3v) is 3.19. The molecule has 0 heterocycles. The number of carbonyl (C=O) groups is 2. The summed E-state index contributed by atoms with van der Waals surface area (Å²) in [5, 5.41) is 22.5. The number of carbonyl (C=O) groups excluding carboxylic acids is 2. The topological polar surface area (TPSA) is 114 Å². The van der Waals surface area contributed by atoms with E-state index in [0.29, 0.717) is 22.5 Å². The molecule has 0 bridgehead atoms. The second-order valence-electron chi connectivity index (χ2n) is 4.81. The van der Waals surface area contributed by atoms with Crippen LogP contribution in [0.25, 0.3) is 9.95 Å². The lowest BCUT2D eigenvalue weighted by atomic mass is 10.2. The smallest absolute Gasteiger partial charge is 0.350 e. The predicted molar refractivity (Wildman–Crippen MR) is 87.0 cm³/mol. The van der Waals surface area contributed by atoms with Crippen LogP contribution < -0.4 is 10.6 Å². The van der Waals surface area contributed by atoms with Gasteiger partial charge in [-0.05, 0) is 24.3 Å². The largest absolute Gasteiger partial charge is 0.385 e. The van der Waals surface area contributed by atoms with Gasteiger partial charge < -0.3 is 10.6 Å². The van der Waals surface area contributed by atoms with Crippen LogP contribution in [-0.2, 0) is 0 Å². The average Bonchev–Trinajstić information content (AvgIpc) is 2.65. The van der Waals surface area contributed by atoms with Crippen molar-refractivity contribution in [2.45, 2.75) is 0 Å². The molecule has 2 amide bonds. The molecule has 0 aromatic heterocycles. The monoisotopic (exact) mass is 322 g/mol. The molecule has 0 aliphatic carbocycles. The van der Waals surface area contributed by atoms with Gasteiger partial charge in [-0.15, -0.1) is 0 Å². The number of amides is 2. The van der Waals surface area contributed by atoms with Crippen molar-refractivity contribution in [2.75, 3.05) is 13.1 Å². The van der Waals surface area contributed by atoms with Crippen LogP contribution in [0.2, 0.25) is 0 Å². The Labute approximate surface area is 137 Å². The summed E-state index contributed by atoms with van der Waals surface area (Å²) in [7, 11) is 0. The Hall–Kier alpha value is -3.78. The Morgan fingerprint density at radius 1 is 0.708 bits per heavy atom. The molecule has 0 aliphatic heterocycles. The predicted octanol–water partition coefficient (Wildman–Crippen LogP) is 2.82. The lowest BCUT2D eigenvalue weighted by Gasteiger charge is -2.06. The average molecular weight is 322 g/mol. The fraction of sp³-hybridized carbons (Fsp3) is 0.125. The van der Waals surface area contributed by atoms with E-state index in [9.17, 15) is 9.59 Å². The van der Waals surface area contributed by atoms with E-state index in [0.717, 1.165) is 0 Å². The molecule has 2 N–H and O–H groups in total. The molecular formula is C16H14N6O2+2. The van der Waals surface area contributed by atoms with E-state index in [2.05, 4.69) is 20.6 Å². The zero-order chi connectivity index (χ0) is 17.4. The van der Waals surface area contributed by atoms with Crippen molar-refractivity contribution in [3.63, 3.8) is 0 Å². The van der Waals surface area contributed by atoms with Gasteiger partial charge in [-0.25, -0.2) is 0 Å². The summed E-state index contributed by atoms with van der Waals surface area (Å²) in [6, 6.07) is 12.2. The fourth-order valence-electron chi connectivity index (χ4n) is 1.92. The molecule has 0 saturated carbocycles. The Balaban J connectivity index is 1.77. The van der Waals surface area contributed by atoms with E-state index >= 15 is 0 Å². The number of nitrogens with zero attached hydrogens (tertiary/aromatic N) is 4. The summed E-state index contributed by atoms with van der Waals surface area (Å²) < 4.78 is 0. The molecule has 24 heavy (non-hydrogen) atoms. The van der Waals surface area contributed by atoms with Crippen LogP contribution in [0.15, 0.2) is 48.5 Å². The Kier molecular flexibility index (Phi) is 5.54. The van der Waals surface area contributed by atoms with Crippen molar-refractivity contribution in [2.24, 2.45) is 0 Å². The van der Waals surface area contributed by atoms with Gasteiger partial charge in [0.1, 0.15) is 0 Å². The first-order valence-electron chi connectivity index (χ1n) is 7.11. The standard InChI is InChI=1S/C16H12N6O2/c17-21-13-5-1-11(2-6-13)15(23)19-9-10-20-16(24)12-3-7-14(22-18)8-4-12/h1-8H,9-10H2/p+2. The molecule has 8 nitrogen and oxygen atoms in total. The summed E-state index contributed by atoms with van der Waals surface area (Å²) in [4.78, 5) is 29.8. The van der Waals surface area contributed by atoms with E-state index < -0.39 is 0 Å². The molecule has 0 unspecified atom stereocenters. The summed E-state index contributed by atoms with van der Waals surface area (Å²) in [6.45, 7) is 0.529. The molecule has 2 aromatic rings. The number of benzene rings is 2. The molecule has 118 valence electrons. The number of hydrogen-bond acceptors (Lipinski definition) is 4. The second kappa shape index (κ2) is 8.01. The molecular weight excluding hydrogens is 308 g/mol. The van der Waals surface area contributed by atoms with Crippen LogP contribution in [0.4, 0.5) is 11.4 Å². The molecule has 0 radical (unpaired) electrons. The van der Waals surface area contributed by atoms with E-state index in [1.54, 1.807) is 0 Å². The van der Waals surface area contributed by atoms with Gasteiger partial charge in [0.2, 0.25) is 10.8 Å². The number of nitrogens with one attached hydrogen (secondary N) is 2. The van der Waals surface area contributed by atoms with Gasteiger partial charge in [-0.3, -0.25) is 9.59 Å². The normalized spacial score (nSPS) is 9.42. The maximum atomic E-state index is 11.9. The summed E-state index contributed by atoms with van der Waals surface area (Å²) >= 11 is 0. The van der Waals surface area contributed by atoms with Crippen molar-refractivity contribution < 1.29 is 9.59 Å². The van der Waals surface area contributed by atoms with Crippen LogP contribution >= 0.6 is 0 Å². The van der Waals surface area contributed by atoms with Crippen LogP contribution in [0, 0.1) is 10.8 Å². The maximum absolute atomic E-state index is 11.9. The van der Waals surface area contributed by atoms with Crippen molar-refractivity contribution in [3.8, 4) is 0 Å². The van der Waals surface area contributed by atoms with Gasteiger partial charge in [0.05, 0.1) is 0 Å². The molecule has 0 saturated heterocycles. The first-order chi connectivity index (χ1) is 11.6. The van der Waals surface area contributed by atoms with Gasteiger partial charge in [-0.1, -0.05) is 0 Å². The van der Waals surface area contributed by atoms with Crippen LogP contribution in [0.3, 0.4) is 0 Å². The Morgan fingerprint density at radius 3 is 1.33 bits per heavy atom. The van der Waals surface area contributed by atoms with Gasteiger partial charge >= 0.3 is 11.4 Å². The first-order valence-corrected chi connectivity index (χ1v) is 7.11. The van der Waals surface area contributed by atoms with Gasteiger partial charge in [0.15, 0.2) is 9.95 Å². The maximum Gasteiger partial charge on any atom is 0.385 e. The van der Waals surface area contributed by atoms with Crippen molar-refractivity contribution in [3.05, 3.63) is 69.6 Å². The van der Waals surface area contributed by atoms with Gasteiger partial charge in [0.25, 0.3) is 11.8 Å². The third-order valence-electron chi connectivity index (χ3n) is 3.19. The molecule has 8 heteroatoms. The minimum absolute atomic E-state index is 0.265. The molecule has 2 rings (SSSR count). The molecule has 0 spiro atoms. The highest BCUT2D eigenvalue weighted by atomic mass is 16.2. The van der Waals surface area contributed by atoms with Crippen molar-refractivity contribution in [1.29, 1.82) is 10.8 Å². The highest BCUT2D eigenvalue weighted by Crippen LogP contribution is 2.13. The molecule has 2 aromatic carbocycles. The number of diazo groups is 2. The molecule has 0 atom stereocenters. The molecule has 0 aliphatic rings. The minimum Gasteiger partial charge on any atom is -0.350 e. The summed E-state index contributed by atoms with van der Waals surface area (Å²) in [5.41, 5.74) is 1.58. The van der Waals surface area contributed by atoms with E-state index in [1.807, 2.05) is 0 Å². The first kappa shape index (κ1) is 16.6. The fourth-order valence-corrected chi connectivity index (χ4v) is 1.92. The zero-order valence-electron chi connectivity index (χ0n) is 12.6. The number of rotatable bonds is 5. The molecule has 0 fully saturated rings. The van der Waals surface area contributed by atoms with Gasteiger partial charge in [0, 0.05) is 48.5 Å². The lowest BCUT2D eigenvalue weighted by molar-refractivity contribution is 0.0927. The zero-order valence-corrected chi connectivity index (χ0v) is 12.6. The van der Waals surface area contributed by atoms with E-state index in [-0.39, 0.29) is 24.9 Å². The van der Waals surface area contributed by atoms with Crippen LogP contribution in [0.1, 0.15) is 20.7 Å². The van der Waals surface area contributed by atoms with Crippen LogP contribution in [0.5, 0.6) is 0 Å². The lowest BCUT2D eigenvalue weighted by Crippen LogP contribution is -2.34. The SMILES string of the molecule is N#[N+]c1ccc(C(=O)NCCNC(=O)c2ccc([N+]#N)cc2)cc1. The highest BCUT2D eigenvalue weighted by molar-refractivity contribution is 5.95. The summed E-state index contributed by atoms with van der Waals surface area (Å²) in [5.74, 6) is -0.578. The van der Waals surface area contributed by atoms with E-state index in [4.69, 9.17) is 10.8 Å². The van der Waals surface area contributed by atoms with E-state index in [1.165, 1.54) is 48.5 Å². The highest BCUT2D eigenvalue weighted by Gasteiger charge is 2.10. The summed E-state index contributed by atoms with van der Waals surface area (Å²) in [6.07, 6.45) is 0. The Morgan fingerprint density at radius 2 is 1.04 bits per heavy atom. The van der Waals surface area contributed by atoms with Crippen molar-refractivity contribution in [1.82, 2.24) is 10.6 Å².